The minimum Gasteiger partial charge on any atom is -0.494 e. The number of rotatable bonds is 4. The van der Waals surface area contributed by atoms with E-state index in [0.717, 1.165) is 4.68 Å². The summed E-state index contributed by atoms with van der Waals surface area (Å²) in [5.74, 6) is 0.239. The molecule has 0 aliphatic heterocycles. The van der Waals surface area contributed by atoms with Crippen LogP contribution in [0.5, 0.6) is 5.75 Å². The summed E-state index contributed by atoms with van der Waals surface area (Å²) in [6, 6.07) is 6.40. The number of benzene rings is 1. The number of nitrogens with zero attached hydrogens (tertiary/aromatic N) is 2. The lowest BCUT2D eigenvalue weighted by Crippen LogP contribution is -2.09. The molecule has 0 saturated heterocycles. The Morgan fingerprint density at radius 2 is 1.86 bits per heavy atom. The van der Waals surface area contributed by atoms with Crippen LogP contribution in [0.25, 0.3) is 5.69 Å². The zero-order chi connectivity index (χ0) is 15.6. The average molecular weight is 339 g/mol. The van der Waals surface area contributed by atoms with Gasteiger partial charge in [-0.25, -0.2) is 4.68 Å². The van der Waals surface area contributed by atoms with E-state index in [0.29, 0.717) is 18.0 Å². The molecule has 0 aliphatic carbocycles. The van der Waals surface area contributed by atoms with Gasteiger partial charge in [-0.1, -0.05) is 11.6 Å². The molecule has 1 aromatic carbocycles. The number of halogens is 5. The van der Waals surface area contributed by atoms with E-state index in [4.69, 9.17) is 27.9 Å². The number of aromatic nitrogens is 2. The van der Waals surface area contributed by atoms with E-state index in [-0.39, 0.29) is 16.6 Å². The predicted octanol–water partition coefficient (Wildman–Crippen LogP) is 4.68. The Bertz CT molecular complexity index is 624. The summed E-state index contributed by atoms with van der Waals surface area (Å²) in [7, 11) is 0. The SMILES string of the molecule is CCOc1ccc(-n2nc(C(F)(F)F)c(CCl)c2Cl)cc1. The maximum atomic E-state index is 12.9. The molecule has 21 heavy (non-hydrogen) atoms. The molecule has 0 N–H and O–H groups in total. The summed E-state index contributed by atoms with van der Waals surface area (Å²) in [4.78, 5) is 0. The molecule has 0 unspecified atom stereocenters. The average Bonchev–Trinajstić information content (AvgIpc) is 2.77. The van der Waals surface area contributed by atoms with Gasteiger partial charge in [-0.05, 0) is 31.2 Å². The van der Waals surface area contributed by atoms with Gasteiger partial charge in [-0.2, -0.15) is 18.3 Å². The van der Waals surface area contributed by atoms with Gasteiger partial charge in [0, 0.05) is 5.56 Å². The van der Waals surface area contributed by atoms with Gasteiger partial charge in [-0.15, -0.1) is 11.6 Å². The van der Waals surface area contributed by atoms with E-state index < -0.39 is 11.9 Å². The summed E-state index contributed by atoms with van der Waals surface area (Å²) in [5, 5.41) is 3.38. The molecule has 2 rings (SSSR count). The highest BCUT2D eigenvalue weighted by atomic mass is 35.5. The van der Waals surface area contributed by atoms with E-state index in [1.165, 1.54) is 0 Å². The first-order valence-corrected chi connectivity index (χ1v) is 6.93. The highest BCUT2D eigenvalue weighted by molar-refractivity contribution is 6.31. The van der Waals surface area contributed by atoms with Gasteiger partial charge in [0.1, 0.15) is 10.9 Å². The van der Waals surface area contributed by atoms with Crippen molar-refractivity contribution in [2.75, 3.05) is 6.61 Å². The van der Waals surface area contributed by atoms with Gasteiger partial charge >= 0.3 is 6.18 Å². The molecule has 0 bridgehead atoms. The third-order valence-corrected chi connectivity index (χ3v) is 3.37. The topological polar surface area (TPSA) is 27.1 Å². The van der Waals surface area contributed by atoms with E-state index in [1.807, 2.05) is 6.92 Å². The molecule has 114 valence electrons. The maximum Gasteiger partial charge on any atom is 0.435 e. The van der Waals surface area contributed by atoms with E-state index >= 15 is 0 Å². The van der Waals surface area contributed by atoms with Gasteiger partial charge in [-0.3, -0.25) is 0 Å². The van der Waals surface area contributed by atoms with Gasteiger partial charge < -0.3 is 4.74 Å². The number of ether oxygens (including phenoxy) is 1. The molecule has 2 aromatic rings. The summed E-state index contributed by atoms with van der Waals surface area (Å²) in [6.45, 7) is 2.33. The van der Waals surface area contributed by atoms with Crippen molar-refractivity contribution in [3.8, 4) is 11.4 Å². The zero-order valence-corrected chi connectivity index (χ0v) is 12.4. The van der Waals surface area contributed by atoms with Crippen molar-refractivity contribution in [1.82, 2.24) is 9.78 Å². The second kappa shape index (κ2) is 6.15. The molecule has 0 radical (unpaired) electrons. The molecule has 0 aliphatic rings. The standard InChI is InChI=1S/C13H11Cl2F3N2O/c1-2-21-9-5-3-8(4-6-9)20-12(15)10(7-14)11(19-20)13(16,17)18/h3-6H,2,7H2,1H3. The van der Waals surface area contributed by atoms with E-state index in [2.05, 4.69) is 5.10 Å². The monoisotopic (exact) mass is 338 g/mol. The lowest BCUT2D eigenvalue weighted by atomic mass is 10.2. The Kier molecular flexibility index (Phi) is 4.68. The second-order valence-electron chi connectivity index (χ2n) is 4.09. The molecular weight excluding hydrogens is 328 g/mol. The Morgan fingerprint density at radius 3 is 2.29 bits per heavy atom. The van der Waals surface area contributed by atoms with Crippen LogP contribution in [0.1, 0.15) is 18.2 Å². The van der Waals surface area contributed by atoms with Gasteiger partial charge in [0.25, 0.3) is 0 Å². The van der Waals surface area contributed by atoms with Gasteiger partial charge in [0.05, 0.1) is 18.2 Å². The quantitative estimate of drug-likeness (QED) is 0.756. The van der Waals surface area contributed by atoms with Crippen LogP contribution in [0.3, 0.4) is 0 Å². The molecule has 1 aromatic heterocycles. The second-order valence-corrected chi connectivity index (χ2v) is 4.71. The molecule has 3 nitrogen and oxygen atoms in total. The summed E-state index contributed by atoms with van der Waals surface area (Å²) >= 11 is 11.5. The third kappa shape index (κ3) is 3.27. The van der Waals surface area contributed by atoms with Crippen molar-refractivity contribution in [1.29, 1.82) is 0 Å². The lowest BCUT2D eigenvalue weighted by Gasteiger charge is -2.06. The Balaban J connectivity index is 2.47. The van der Waals surface area contributed by atoms with Crippen LogP contribution in [0.2, 0.25) is 5.15 Å². The molecule has 8 heteroatoms. The van der Waals surface area contributed by atoms with Crippen molar-refractivity contribution in [2.45, 2.75) is 19.0 Å². The van der Waals surface area contributed by atoms with Crippen LogP contribution >= 0.6 is 23.2 Å². The molecule has 0 fully saturated rings. The first-order valence-electron chi connectivity index (χ1n) is 6.02. The minimum absolute atomic E-state index is 0.151. The third-order valence-electron chi connectivity index (χ3n) is 2.72. The van der Waals surface area contributed by atoms with Crippen molar-refractivity contribution in [2.24, 2.45) is 0 Å². The highest BCUT2D eigenvalue weighted by Crippen LogP contribution is 2.36. The fourth-order valence-electron chi connectivity index (χ4n) is 1.80. The number of alkyl halides is 4. The van der Waals surface area contributed by atoms with Crippen molar-refractivity contribution < 1.29 is 17.9 Å². The molecule has 1 heterocycles. The van der Waals surface area contributed by atoms with Gasteiger partial charge in [0.2, 0.25) is 0 Å². The summed E-state index contributed by atoms with van der Waals surface area (Å²) < 4.78 is 45.0. The normalized spacial score (nSPS) is 11.7. The summed E-state index contributed by atoms with van der Waals surface area (Å²) in [5.41, 5.74) is -0.915. The number of hydrogen-bond acceptors (Lipinski definition) is 2. The van der Waals surface area contributed by atoms with E-state index in [9.17, 15) is 13.2 Å². The first kappa shape index (κ1) is 16.0. The Hall–Kier alpha value is -1.40. The fourth-order valence-corrected chi connectivity index (χ4v) is 2.41. The minimum atomic E-state index is -4.61. The van der Waals surface area contributed by atoms with Crippen molar-refractivity contribution in [3.05, 3.63) is 40.7 Å². The molecular formula is C13H11Cl2F3N2O. The smallest absolute Gasteiger partial charge is 0.435 e. The van der Waals surface area contributed by atoms with Gasteiger partial charge in [0.15, 0.2) is 5.69 Å². The summed E-state index contributed by atoms with van der Waals surface area (Å²) in [6.07, 6.45) is -4.61. The highest BCUT2D eigenvalue weighted by Gasteiger charge is 2.38. The Labute approximate surface area is 129 Å². The van der Waals surface area contributed by atoms with Crippen LogP contribution in [-0.2, 0) is 12.1 Å². The van der Waals surface area contributed by atoms with Crippen LogP contribution in [0, 0.1) is 0 Å². The first-order chi connectivity index (χ1) is 9.88. The van der Waals surface area contributed by atoms with Crippen LogP contribution < -0.4 is 4.74 Å². The van der Waals surface area contributed by atoms with Crippen molar-refractivity contribution in [3.63, 3.8) is 0 Å². The van der Waals surface area contributed by atoms with Crippen LogP contribution in [-0.4, -0.2) is 16.4 Å². The largest absolute Gasteiger partial charge is 0.494 e. The molecule has 0 amide bonds. The van der Waals surface area contributed by atoms with Crippen LogP contribution in [0.4, 0.5) is 13.2 Å². The predicted molar refractivity (Wildman–Crippen MR) is 74.3 cm³/mol. The lowest BCUT2D eigenvalue weighted by molar-refractivity contribution is -0.141. The van der Waals surface area contributed by atoms with Crippen LogP contribution in [0.15, 0.2) is 24.3 Å². The molecule has 0 spiro atoms. The Morgan fingerprint density at radius 1 is 1.24 bits per heavy atom. The molecule has 0 atom stereocenters. The maximum absolute atomic E-state index is 12.9. The van der Waals surface area contributed by atoms with Crippen molar-refractivity contribution >= 4 is 23.2 Å². The fraction of sp³-hybridized carbons (Fsp3) is 0.308. The molecule has 0 saturated carbocycles. The van der Waals surface area contributed by atoms with E-state index in [1.54, 1.807) is 24.3 Å². The number of hydrogen-bond donors (Lipinski definition) is 0. The zero-order valence-electron chi connectivity index (χ0n) is 10.9.